The van der Waals surface area contributed by atoms with Crippen molar-refractivity contribution in [1.29, 1.82) is 0 Å². The van der Waals surface area contributed by atoms with Crippen molar-refractivity contribution in [3.63, 3.8) is 0 Å². The number of Topliss-reactive ketones (excluding diaryl/α,β-unsaturated/α-hetero) is 1. The average Bonchev–Trinajstić information content (AvgIpc) is 2.91. The molecule has 5 nitrogen and oxygen atoms in total. The first-order chi connectivity index (χ1) is 18.0. The fourth-order valence-corrected chi connectivity index (χ4v) is 5.38. The summed E-state index contributed by atoms with van der Waals surface area (Å²) in [6.45, 7) is 2.17. The molecule has 2 aliphatic rings. The van der Waals surface area contributed by atoms with Gasteiger partial charge in [0.1, 0.15) is 19.0 Å². The van der Waals surface area contributed by atoms with E-state index in [9.17, 15) is 9.59 Å². The number of nitrogens with one attached hydrogen (secondary N) is 1. The van der Waals surface area contributed by atoms with Gasteiger partial charge in [-0.05, 0) is 54.7 Å². The van der Waals surface area contributed by atoms with Gasteiger partial charge in [0, 0.05) is 34.3 Å². The fourth-order valence-electron chi connectivity index (χ4n) is 5.18. The van der Waals surface area contributed by atoms with Gasteiger partial charge in [0.2, 0.25) is 0 Å². The van der Waals surface area contributed by atoms with E-state index in [4.69, 9.17) is 21.1 Å². The van der Waals surface area contributed by atoms with Gasteiger partial charge in [-0.3, -0.25) is 4.79 Å². The lowest BCUT2D eigenvalue weighted by Crippen LogP contribution is -2.36. The molecule has 37 heavy (non-hydrogen) atoms. The number of carbonyl (C=O) groups excluding carboxylic acids is 2. The number of hydrogen-bond donors (Lipinski definition) is 1. The fraction of sp³-hybridized carbons (Fsp3) is 0.226. The molecule has 0 saturated heterocycles. The van der Waals surface area contributed by atoms with Crippen LogP contribution < -0.4 is 10.1 Å². The average molecular weight is 514 g/mol. The summed E-state index contributed by atoms with van der Waals surface area (Å²) in [5.74, 6) is -0.215. The summed E-state index contributed by atoms with van der Waals surface area (Å²) in [5.41, 5.74) is 4.50. The Morgan fingerprint density at radius 1 is 0.919 bits per heavy atom. The van der Waals surface area contributed by atoms with Crippen LogP contribution in [0.2, 0.25) is 5.02 Å². The van der Waals surface area contributed by atoms with E-state index in [2.05, 4.69) is 17.4 Å². The van der Waals surface area contributed by atoms with E-state index in [1.165, 1.54) is 0 Å². The van der Waals surface area contributed by atoms with Gasteiger partial charge in [0.15, 0.2) is 5.78 Å². The largest absolute Gasteiger partial charge is 0.490 e. The van der Waals surface area contributed by atoms with Crippen molar-refractivity contribution < 1.29 is 19.1 Å². The Bertz CT molecular complexity index is 1360. The van der Waals surface area contributed by atoms with E-state index < -0.39 is 11.9 Å². The molecular weight excluding hydrogens is 486 g/mol. The third kappa shape index (κ3) is 5.47. The molecule has 0 radical (unpaired) electrons. The van der Waals surface area contributed by atoms with Crippen molar-refractivity contribution >= 4 is 23.4 Å². The van der Waals surface area contributed by atoms with Crippen molar-refractivity contribution in [3.8, 4) is 5.75 Å². The normalized spacial score (nSPS) is 19.2. The van der Waals surface area contributed by atoms with Crippen molar-refractivity contribution in [2.24, 2.45) is 0 Å². The van der Waals surface area contributed by atoms with Crippen LogP contribution in [0.15, 0.2) is 107 Å². The molecule has 0 spiro atoms. The van der Waals surface area contributed by atoms with E-state index in [0.717, 1.165) is 16.8 Å². The van der Waals surface area contributed by atoms with E-state index >= 15 is 0 Å². The topological polar surface area (TPSA) is 64.6 Å². The summed E-state index contributed by atoms with van der Waals surface area (Å²) in [5, 5.41) is 3.93. The maximum absolute atomic E-state index is 13.6. The van der Waals surface area contributed by atoms with Crippen LogP contribution in [-0.4, -0.2) is 25.0 Å². The number of halogens is 1. The Morgan fingerprint density at radius 2 is 1.62 bits per heavy atom. The summed E-state index contributed by atoms with van der Waals surface area (Å²) < 4.78 is 11.3. The Morgan fingerprint density at radius 3 is 2.35 bits per heavy atom. The molecule has 1 aliphatic heterocycles. The SMILES string of the molecule is CC1=C(C(=O)OCCOc2ccccc2)[C@@H](c2cccc(Cl)c2)C2=C(C[C@H](c3ccccc3)CC2=O)N1. The molecule has 3 aromatic rings. The molecular formula is C31H28ClNO4. The first-order valence-electron chi connectivity index (χ1n) is 12.4. The molecule has 3 aromatic carbocycles. The lowest BCUT2D eigenvalue weighted by atomic mass is 9.72. The van der Waals surface area contributed by atoms with Gasteiger partial charge in [-0.1, -0.05) is 72.3 Å². The maximum atomic E-state index is 13.6. The van der Waals surface area contributed by atoms with Crippen molar-refractivity contribution in [3.05, 3.63) is 124 Å². The van der Waals surface area contributed by atoms with Crippen LogP contribution in [0, 0.1) is 0 Å². The molecule has 2 atom stereocenters. The zero-order valence-electron chi connectivity index (χ0n) is 20.6. The Labute approximate surface area is 221 Å². The van der Waals surface area contributed by atoms with Gasteiger partial charge in [0.05, 0.1) is 5.57 Å². The van der Waals surface area contributed by atoms with E-state index in [1.54, 1.807) is 6.07 Å². The van der Waals surface area contributed by atoms with Gasteiger partial charge >= 0.3 is 5.97 Å². The Balaban J connectivity index is 1.42. The van der Waals surface area contributed by atoms with Gasteiger partial charge in [-0.15, -0.1) is 0 Å². The second-order valence-corrected chi connectivity index (χ2v) is 9.72. The second kappa shape index (κ2) is 11.1. The van der Waals surface area contributed by atoms with Gasteiger partial charge < -0.3 is 14.8 Å². The Hall–Kier alpha value is -3.83. The van der Waals surface area contributed by atoms with Gasteiger partial charge in [-0.25, -0.2) is 4.79 Å². The lowest BCUT2D eigenvalue weighted by Gasteiger charge is -2.36. The molecule has 1 N–H and O–H groups in total. The number of ether oxygens (including phenoxy) is 2. The van der Waals surface area contributed by atoms with Gasteiger partial charge in [0.25, 0.3) is 0 Å². The molecule has 188 valence electrons. The molecule has 1 aliphatic carbocycles. The second-order valence-electron chi connectivity index (χ2n) is 9.28. The molecule has 6 heteroatoms. The number of carbonyl (C=O) groups is 2. The predicted octanol–water partition coefficient (Wildman–Crippen LogP) is 6.32. The minimum Gasteiger partial charge on any atom is -0.490 e. The molecule has 5 rings (SSSR count). The molecule has 0 unspecified atom stereocenters. The molecule has 0 bridgehead atoms. The molecule has 0 amide bonds. The Kier molecular flexibility index (Phi) is 7.42. The summed E-state index contributed by atoms with van der Waals surface area (Å²) in [4.78, 5) is 27.1. The highest BCUT2D eigenvalue weighted by Crippen LogP contribution is 2.46. The minimum absolute atomic E-state index is 0.0257. The van der Waals surface area contributed by atoms with Crippen molar-refractivity contribution in [1.82, 2.24) is 5.32 Å². The summed E-state index contributed by atoms with van der Waals surface area (Å²) >= 11 is 6.34. The molecule has 1 heterocycles. The van der Waals surface area contributed by atoms with Crippen LogP contribution >= 0.6 is 11.6 Å². The zero-order chi connectivity index (χ0) is 25.8. The van der Waals surface area contributed by atoms with E-state index in [0.29, 0.717) is 40.5 Å². The summed E-state index contributed by atoms with van der Waals surface area (Å²) in [6, 6.07) is 26.8. The highest BCUT2D eigenvalue weighted by atomic mass is 35.5. The molecule has 0 fully saturated rings. The van der Waals surface area contributed by atoms with Crippen LogP contribution in [0.4, 0.5) is 0 Å². The van der Waals surface area contributed by atoms with Crippen LogP contribution in [0.1, 0.15) is 42.7 Å². The van der Waals surface area contributed by atoms with Crippen molar-refractivity contribution in [2.45, 2.75) is 31.6 Å². The van der Waals surface area contributed by atoms with Crippen LogP contribution in [0.3, 0.4) is 0 Å². The number of ketones is 1. The van der Waals surface area contributed by atoms with Crippen LogP contribution in [0.5, 0.6) is 5.75 Å². The lowest BCUT2D eigenvalue weighted by molar-refractivity contribution is -0.140. The van der Waals surface area contributed by atoms with E-state index in [-0.39, 0.29) is 24.9 Å². The highest BCUT2D eigenvalue weighted by molar-refractivity contribution is 6.30. The minimum atomic E-state index is -0.554. The third-order valence-electron chi connectivity index (χ3n) is 6.83. The highest BCUT2D eigenvalue weighted by Gasteiger charge is 2.41. The van der Waals surface area contributed by atoms with Crippen LogP contribution in [0.25, 0.3) is 0 Å². The maximum Gasteiger partial charge on any atom is 0.336 e. The molecule has 0 aromatic heterocycles. The van der Waals surface area contributed by atoms with Crippen LogP contribution in [-0.2, 0) is 14.3 Å². The summed E-state index contributed by atoms with van der Waals surface area (Å²) in [6.07, 6.45) is 1.07. The number of para-hydroxylation sites is 1. The zero-order valence-corrected chi connectivity index (χ0v) is 21.3. The monoisotopic (exact) mass is 513 g/mol. The molecule has 0 saturated carbocycles. The number of rotatable bonds is 7. The van der Waals surface area contributed by atoms with Gasteiger partial charge in [-0.2, -0.15) is 0 Å². The number of esters is 1. The first-order valence-corrected chi connectivity index (χ1v) is 12.8. The first kappa shape index (κ1) is 24.8. The number of hydrogen-bond acceptors (Lipinski definition) is 5. The standard InChI is InChI=1S/C31H28ClNO4/c1-20-28(31(35)37-16-15-36-25-13-6-3-7-14-25)29(22-11-8-12-24(32)17-22)30-26(33-20)18-23(19-27(30)34)21-9-4-2-5-10-21/h2-14,17,23,29,33H,15-16,18-19H2,1H3/t23-,29+/m0/s1. The quantitative estimate of drug-likeness (QED) is 0.295. The third-order valence-corrected chi connectivity index (χ3v) is 7.06. The van der Waals surface area contributed by atoms with Crippen molar-refractivity contribution in [2.75, 3.05) is 13.2 Å². The number of dihydropyridines is 1. The predicted molar refractivity (Wildman–Crippen MR) is 143 cm³/mol. The summed E-state index contributed by atoms with van der Waals surface area (Å²) in [7, 11) is 0. The number of benzene rings is 3. The smallest absolute Gasteiger partial charge is 0.336 e. The number of allylic oxidation sites excluding steroid dienone is 3. The van der Waals surface area contributed by atoms with E-state index in [1.807, 2.05) is 73.7 Å².